The molecule has 0 saturated heterocycles. The van der Waals surface area contributed by atoms with Crippen molar-refractivity contribution in [1.82, 2.24) is 9.55 Å². The molecule has 20 heavy (non-hydrogen) atoms. The number of fused-ring (bicyclic) bond motifs is 1. The largest absolute Gasteiger partial charge is 0.369 e. The Balaban J connectivity index is 2.44. The van der Waals surface area contributed by atoms with E-state index in [1.807, 2.05) is 34.9 Å². The summed E-state index contributed by atoms with van der Waals surface area (Å²) in [6.07, 6.45) is 0. The molecule has 0 aliphatic rings. The standard InChI is InChI=1S/C14H8Br2N4/c15-9-4-2-5-10(16)13(9)20-11-6-1-3-8(7-17)12(11)19-14(20)18/h1-6H,(H2,18,19). The van der Waals surface area contributed by atoms with Crippen LogP contribution in [-0.4, -0.2) is 9.55 Å². The fourth-order valence-corrected chi connectivity index (χ4v) is 3.50. The van der Waals surface area contributed by atoms with Gasteiger partial charge >= 0.3 is 0 Å². The number of hydrogen-bond donors (Lipinski definition) is 1. The first-order valence-corrected chi connectivity index (χ1v) is 7.33. The summed E-state index contributed by atoms with van der Waals surface area (Å²) in [4.78, 5) is 4.32. The van der Waals surface area contributed by atoms with Gasteiger partial charge < -0.3 is 5.73 Å². The van der Waals surface area contributed by atoms with E-state index < -0.39 is 0 Å². The van der Waals surface area contributed by atoms with Crippen LogP contribution in [0.25, 0.3) is 16.7 Å². The minimum Gasteiger partial charge on any atom is -0.369 e. The highest BCUT2D eigenvalue weighted by Gasteiger charge is 2.16. The van der Waals surface area contributed by atoms with Crippen LogP contribution < -0.4 is 5.73 Å². The number of nitrogens with zero attached hydrogens (tertiary/aromatic N) is 3. The predicted molar refractivity (Wildman–Crippen MR) is 85.6 cm³/mol. The van der Waals surface area contributed by atoms with E-state index in [2.05, 4.69) is 42.9 Å². The number of benzene rings is 2. The molecule has 0 radical (unpaired) electrons. The topological polar surface area (TPSA) is 67.6 Å². The lowest BCUT2D eigenvalue weighted by molar-refractivity contribution is 1.09. The SMILES string of the molecule is N#Cc1cccc2c1nc(N)n2-c1c(Br)cccc1Br. The molecule has 4 nitrogen and oxygen atoms in total. The second-order valence-electron chi connectivity index (χ2n) is 4.16. The fourth-order valence-electron chi connectivity index (χ4n) is 2.15. The zero-order valence-corrected chi connectivity index (χ0v) is 13.3. The van der Waals surface area contributed by atoms with Gasteiger partial charge in [0.2, 0.25) is 5.95 Å². The summed E-state index contributed by atoms with van der Waals surface area (Å²) in [6, 6.07) is 13.4. The molecule has 3 aromatic rings. The van der Waals surface area contributed by atoms with Crippen LogP contribution in [0.5, 0.6) is 0 Å². The third-order valence-electron chi connectivity index (χ3n) is 2.99. The maximum Gasteiger partial charge on any atom is 0.206 e. The van der Waals surface area contributed by atoms with Gasteiger partial charge in [0, 0.05) is 8.95 Å². The van der Waals surface area contributed by atoms with Crippen LogP contribution in [0.2, 0.25) is 0 Å². The number of aromatic nitrogens is 2. The molecule has 1 heterocycles. The van der Waals surface area contributed by atoms with Gasteiger partial charge in [-0.25, -0.2) is 4.98 Å². The molecule has 0 amide bonds. The molecule has 3 rings (SSSR count). The van der Waals surface area contributed by atoms with Crippen molar-refractivity contribution >= 4 is 48.8 Å². The molecule has 0 aliphatic heterocycles. The summed E-state index contributed by atoms with van der Waals surface area (Å²) < 4.78 is 3.60. The van der Waals surface area contributed by atoms with E-state index in [4.69, 9.17) is 11.0 Å². The Bertz CT molecular complexity index is 841. The van der Waals surface area contributed by atoms with Crippen LogP contribution in [0.15, 0.2) is 45.3 Å². The number of imidazole rings is 1. The second kappa shape index (κ2) is 4.93. The van der Waals surface area contributed by atoms with Crippen LogP contribution in [0.4, 0.5) is 5.95 Å². The monoisotopic (exact) mass is 390 g/mol. The van der Waals surface area contributed by atoms with Gasteiger partial charge in [-0.3, -0.25) is 4.57 Å². The third kappa shape index (κ3) is 1.90. The van der Waals surface area contributed by atoms with Crippen molar-refractivity contribution in [3.8, 4) is 11.8 Å². The molecule has 0 spiro atoms. The molecular weight excluding hydrogens is 384 g/mol. The number of nitrogen functional groups attached to an aromatic ring is 1. The molecule has 0 bridgehead atoms. The first-order chi connectivity index (χ1) is 9.63. The lowest BCUT2D eigenvalue weighted by atomic mass is 10.2. The fraction of sp³-hybridized carbons (Fsp3) is 0. The molecule has 6 heteroatoms. The van der Waals surface area contributed by atoms with Gasteiger partial charge in [0.1, 0.15) is 11.6 Å². The number of rotatable bonds is 1. The van der Waals surface area contributed by atoms with Gasteiger partial charge in [0.05, 0.1) is 16.8 Å². The lowest BCUT2D eigenvalue weighted by Gasteiger charge is -2.11. The van der Waals surface area contributed by atoms with Crippen LogP contribution in [0, 0.1) is 11.3 Å². The number of halogens is 2. The van der Waals surface area contributed by atoms with E-state index in [9.17, 15) is 0 Å². The second-order valence-corrected chi connectivity index (χ2v) is 5.87. The van der Waals surface area contributed by atoms with Crippen LogP contribution >= 0.6 is 31.9 Å². The minimum absolute atomic E-state index is 0.343. The van der Waals surface area contributed by atoms with Crippen LogP contribution in [-0.2, 0) is 0 Å². The van der Waals surface area contributed by atoms with Gasteiger partial charge in [0.25, 0.3) is 0 Å². The molecule has 1 aromatic heterocycles. The van der Waals surface area contributed by atoms with Gasteiger partial charge in [0.15, 0.2) is 0 Å². The van der Waals surface area contributed by atoms with E-state index in [1.165, 1.54) is 0 Å². The first-order valence-electron chi connectivity index (χ1n) is 5.75. The predicted octanol–water partition coefficient (Wildman–Crippen LogP) is 4.00. The third-order valence-corrected chi connectivity index (χ3v) is 4.27. The summed E-state index contributed by atoms with van der Waals surface area (Å²) >= 11 is 7.05. The molecule has 2 N–H and O–H groups in total. The molecule has 0 aliphatic carbocycles. The Labute approximate surface area is 132 Å². The Morgan fingerprint density at radius 3 is 2.40 bits per heavy atom. The van der Waals surface area contributed by atoms with E-state index in [-0.39, 0.29) is 0 Å². The van der Waals surface area contributed by atoms with E-state index >= 15 is 0 Å². The summed E-state index contributed by atoms with van der Waals surface area (Å²) in [5.41, 5.74) is 8.83. The van der Waals surface area contributed by atoms with Gasteiger partial charge in [-0.2, -0.15) is 5.26 Å². The zero-order chi connectivity index (χ0) is 14.3. The molecule has 0 unspecified atom stereocenters. The van der Waals surface area contributed by atoms with Crippen molar-refractivity contribution in [3.05, 3.63) is 50.9 Å². The molecule has 98 valence electrons. The quantitative estimate of drug-likeness (QED) is 0.681. The van der Waals surface area contributed by atoms with Gasteiger partial charge in [-0.05, 0) is 56.1 Å². The Hall–Kier alpha value is -1.84. The van der Waals surface area contributed by atoms with Crippen LogP contribution in [0.3, 0.4) is 0 Å². The average molecular weight is 392 g/mol. The van der Waals surface area contributed by atoms with Crippen molar-refractivity contribution in [3.63, 3.8) is 0 Å². The van der Waals surface area contributed by atoms with E-state index in [0.29, 0.717) is 17.0 Å². The normalized spacial score (nSPS) is 10.7. The van der Waals surface area contributed by atoms with Gasteiger partial charge in [-0.1, -0.05) is 12.1 Å². The van der Waals surface area contributed by atoms with E-state index in [1.54, 1.807) is 6.07 Å². The summed E-state index contributed by atoms with van der Waals surface area (Å²) in [5.74, 6) is 0.343. The first kappa shape index (κ1) is 13.2. The highest BCUT2D eigenvalue weighted by Crippen LogP contribution is 2.34. The Morgan fingerprint density at radius 1 is 1.10 bits per heavy atom. The average Bonchev–Trinajstić information content (AvgIpc) is 2.75. The molecule has 0 atom stereocenters. The highest BCUT2D eigenvalue weighted by atomic mass is 79.9. The van der Waals surface area contributed by atoms with Crippen molar-refractivity contribution in [1.29, 1.82) is 5.26 Å². The Morgan fingerprint density at radius 2 is 1.75 bits per heavy atom. The molecule has 2 aromatic carbocycles. The van der Waals surface area contributed by atoms with Crippen molar-refractivity contribution in [2.24, 2.45) is 0 Å². The van der Waals surface area contributed by atoms with Crippen LogP contribution in [0.1, 0.15) is 5.56 Å². The smallest absolute Gasteiger partial charge is 0.206 e. The summed E-state index contributed by atoms with van der Waals surface area (Å²) in [5, 5.41) is 9.16. The number of nitrogens with two attached hydrogens (primary N) is 1. The zero-order valence-electron chi connectivity index (χ0n) is 10.1. The van der Waals surface area contributed by atoms with Crippen molar-refractivity contribution < 1.29 is 0 Å². The summed E-state index contributed by atoms with van der Waals surface area (Å²) in [6.45, 7) is 0. The molecule has 0 saturated carbocycles. The van der Waals surface area contributed by atoms with Gasteiger partial charge in [-0.15, -0.1) is 0 Å². The number of anilines is 1. The van der Waals surface area contributed by atoms with Crippen molar-refractivity contribution in [2.45, 2.75) is 0 Å². The highest BCUT2D eigenvalue weighted by molar-refractivity contribution is 9.11. The number of nitriles is 1. The van der Waals surface area contributed by atoms with Crippen molar-refractivity contribution in [2.75, 3.05) is 5.73 Å². The van der Waals surface area contributed by atoms with E-state index in [0.717, 1.165) is 20.1 Å². The number of para-hydroxylation sites is 2. The summed E-state index contributed by atoms with van der Waals surface area (Å²) in [7, 11) is 0. The Kier molecular flexibility index (Phi) is 3.24. The molecular formula is C14H8Br2N4. The number of hydrogen-bond acceptors (Lipinski definition) is 3. The minimum atomic E-state index is 0.343. The maximum absolute atomic E-state index is 9.16. The lowest BCUT2D eigenvalue weighted by Crippen LogP contribution is -2.02. The maximum atomic E-state index is 9.16. The molecule has 0 fully saturated rings.